The maximum Gasteiger partial charge on any atom is 0.169 e. The molecule has 0 fully saturated rings. The van der Waals surface area contributed by atoms with E-state index in [1.807, 2.05) is 24.8 Å². The lowest BCUT2D eigenvalue weighted by atomic mass is 10.1. The van der Waals surface area contributed by atoms with E-state index >= 15 is 0 Å². The van der Waals surface area contributed by atoms with Crippen molar-refractivity contribution in [3.05, 3.63) is 49.1 Å². The molecule has 0 aliphatic heterocycles. The van der Waals surface area contributed by atoms with Gasteiger partial charge in [-0.15, -0.1) is 0 Å². The number of halogens is 2. The molecule has 2 aromatic rings. The van der Waals surface area contributed by atoms with Gasteiger partial charge in [-0.05, 0) is 12.8 Å². The van der Waals surface area contributed by atoms with Crippen molar-refractivity contribution >= 4 is 11.4 Å². The summed E-state index contributed by atoms with van der Waals surface area (Å²) in [6, 6.07) is 8.27. The molecule has 32 heavy (non-hydrogen) atoms. The normalized spacial score (nSPS) is 9.56. The fourth-order valence-corrected chi connectivity index (χ4v) is 3.29. The second-order valence-corrected chi connectivity index (χ2v) is 7.97. The fraction of sp³-hybridized carbons (Fsp3) is 0.615. The number of hydrogen-bond donors (Lipinski definition) is 2. The van der Waals surface area contributed by atoms with Crippen molar-refractivity contribution < 1.29 is 34.8 Å². The first-order valence-electron chi connectivity index (χ1n) is 12.3. The van der Waals surface area contributed by atoms with Gasteiger partial charge >= 0.3 is 0 Å². The first-order valence-corrected chi connectivity index (χ1v) is 12.3. The number of unbranched alkanes of at least 4 members (excludes halogenated alkanes) is 10. The van der Waals surface area contributed by atoms with Crippen LogP contribution in [-0.4, -0.2) is 13.1 Å². The molecule has 0 amide bonds. The number of hydrogen-bond acceptors (Lipinski definition) is 2. The first-order chi connectivity index (χ1) is 14.9. The van der Waals surface area contributed by atoms with Crippen LogP contribution < -0.4 is 45.4 Å². The Bertz CT molecular complexity index is 531. The van der Waals surface area contributed by atoms with Crippen LogP contribution in [0.1, 0.15) is 90.9 Å². The van der Waals surface area contributed by atoms with Gasteiger partial charge in [0.1, 0.15) is 0 Å². The van der Waals surface area contributed by atoms with E-state index in [9.17, 15) is 0 Å². The second kappa shape index (κ2) is 25.7. The fourth-order valence-electron chi connectivity index (χ4n) is 3.29. The Morgan fingerprint density at radius 1 is 0.500 bits per heavy atom. The van der Waals surface area contributed by atoms with Crippen molar-refractivity contribution in [3.63, 3.8) is 0 Å². The van der Waals surface area contributed by atoms with E-state index in [0.29, 0.717) is 0 Å². The molecule has 2 aromatic heterocycles. The highest BCUT2D eigenvalue weighted by Crippen LogP contribution is 2.07. The van der Waals surface area contributed by atoms with E-state index in [0.717, 1.165) is 13.1 Å². The molecule has 184 valence electrons. The molecule has 6 heteroatoms. The summed E-state index contributed by atoms with van der Waals surface area (Å²) in [6.07, 6.45) is 24.1. The van der Waals surface area contributed by atoms with Gasteiger partial charge in [-0.2, -0.15) is 0 Å². The highest BCUT2D eigenvalue weighted by atomic mass is 35.5. The minimum absolute atomic E-state index is 0. The molecule has 0 bridgehead atoms. The molecule has 0 atom stereocenters. The third-order valence-corrected chi connectivity index (χ3v) is 5.16. The average Bonchev–Trinajstić information content (AvgIpc) is 2.80. The molecule has 0 aliphatic carbocycles. The molecule has 0 radical (unpaired) electrons. The van der Waals surface area contributed by atoms with Crippen LogP contribution in [0.15, 0.2) is 49.1 Å². The molecular weight excluding hydrogens is 439 g/mol. The summed E-state index contributed by atoms with van der Waals surface area (Å²) >= 11 is 0. The monoisotopic (exact) mass is 484 g/mol. The molecular formula is C26H46Cl2N4. The molecule has 0 spiro atoms. The van der Waals surface area contributed by atoms with Gasteiger partial charge in [0.05, 0.1) is 0 Å². The number of aromatic nitrogens is 2. The van der Waals surface area contributed by atoms with Gasteiger partial charge < -0.3 is 35.4 Å². The Balaban J connectivity index is 0. The number of anilines is 2. The lowest BCUT2D eigenvalue weighted by molar-refractivity contribution is -0.378. The van der Waals surface area contributed by atoms with Crippen LogP contribution in [0.25, 0.3) is 0 Å². The Morgan fingerprint density at radius 2 is 0.812 bits per heavy atom. The smallest absolute Gasteiger partial charge is 0.169 e. The summed E-state index contributed by atoms with van der Waals surface area (Å²) in [6.45, 7) is 6.70. The molecule has 0 aliphatic rings. The largest absolute Gasteiger partial charge is 1.00 e. The standard InChI is InChI=1S/2C13H22N2.2ClH/c2*1-2-3-4-5-6-7-10-15-13-8-11-14-12-9-13;;/h2*8-9,11-12H,2-7,10H2,1H3,(H,14,15);2*1H. The topological polar surface area (TPSA) is 52.3 Å². The van der Waals surface area contributed by atoms with E-state index in [1.54, 1.807) is 0 Å². The number of pyridine rings is 2. The van der Waals surface area contributed by atoms with Crippen molar-refractivity contribution in [2.75, 3.05) is 23.7 Å². The van der Waals surface area contributed by atoms with Crippen molar-refractivity contribution in [3.8, 4) is 0 Å². The van der Waals surface area contributed by atoms with E-state index in [2.05, 4.69) is 58.7 Å². The third kappa shape index (κ3) is 20.4. The highest BCUT2D eigenvalue weighted by molar-refractivity contribution is 5.39. The summed E-state index contributed by atoms with van der Waals surface area (Å²) in [7, 11) is 0. The highest BCUT2D eigenvalue weighted by Gasteiger charge is 1.94. The molecule has 4 N–H and O–H groups in total. The Labute approximate surface area is 209 Å². The number of aromatic amines is 2. The second-order valence-electron chi connectivity index (χ2n) is 7.97. The van der Waals surface area contributed by atoms with Gasteiger partial charge in [0, 0.05) is 48.7 Å². The van der Waals surface area contributed by atoms with Crippen molar-refractivity contribution in [2.24, 2.45) is 0 Å². The minimum atomic E-state index is 0. The quantitative estimate of drug-likeness (QED) is 0.342. The average molecular weight is 486 g/mol. The number of nitrogens with one attached hydrogen (secondary N) is 4. The van der Waals surface area contributed by atoms with Crippen molar-refractivity contribution in [1.29, 1.82) is 0 Å². The van der Waals surface area contributed by atoms with Crippen LogP contribution in [0.2, 0.25) is 0 Å². The van der Waals surface area contributed by atoms with Crippen LogP contribution in [0, 0.1) is 0 Å². The Morgan fingerprint density at radius 3 is 1.16 bits per heavy atom. The van der Waals surface area contributed by atoms with Crippen LogP contribution >= 0.6 is 0 Å². The van der Waals surface area contributed by atoms with E-state index < -0.39 is 0 Å². The summed E-state index contributed by atoms with van der Waals surface area (Å²) in [5.74, 6) is 0. The molecule has 0 aromatic carbocycles. The summed E-state index contributed by atoms with van der Waals surface area (Å²) in [5, 5.41) is 6.83. The van der Waals surface area contributed by atoms with Gasteiger partial charge in [0.25, 0.3) is 0 Å². The van der Waals surface area contributed by atoms with E-state index in [-0.39, 0.29) is 24.8 Å². The molecule has 2 rings (SSSR count). The molecule has 2 heterocycles. The zero-order valence-corrected chi connectivity index (χ0v) is 21.8. The minimum Gasteiger partial charge on any atom is -1.00 e. The van der Waals surface area contributed by atoms with Gasteiger partial charge in [-0.3, -0.25) is 0 Å². The van der Waals surface area contributed by atoms with Crippen LogP contribution in [0.3, 0.4) is 0 Å². The predicted molar refractivity (Wildman–Crippen MR) is 130 cm³/mol. The zero-order valence-electron chi connectivity index (χ0n) is 20.3. The third-order valence-electron chi connectivity index (χ3n) is 5.16. The SMILES string of the molecule is CCCCCCCCNc1cc[nH+]cc1.CCCCCCCCNc1cc[nH+]cc1.[Cl-].[Cl-]. The number of rotatable bonds is 16. The molecule has 0 saturated heterocycles. The maximum atomic E-state index is 3.42. The zero-order chi connectivity index (χ0) is 21.5. The lowest BCUT2D eigenvalue weighted by Gasteiger charge is -2.04. The summed E-state index contributed by atoms with van der Waals surface area (Å²) in [4.78, 5) is 6.04. The first kappa shape index (κ1) is 32.7. The van der Waals surface area contributed by atoms with Crippen molar-refractivity contribution in [2.45, 2.75) is 90.9 Å². The molecule has 4 nitrogen and oxygen atoms in total. The maximum absolute atomic E-state index is 3.42. The Kier molecular flexibility index (Phi) is 26.3. The lowest BCUT2D eigenvalue weighted by Crippen LogP contribution is -3.00. The van der Waals surface area contributed by atoms with E-state index in [4.69, 9.17) is 0 Å². The van der Waals surface area contributed by atoms with Crippen LogP contribution in [0.5, 0.6) is 0 Å². The molecule has 0 saturated carbocycles. The molecule has 0 unspecified atom stereocenters. The van der Waals surface area contributed by atoms with Crippen LogP contribution in [0.4, 0.5) is 11.4 Å². The summed E-state index contributed by atoms with van der Waals surface area (Å²) < 4.78 is 0. The number of H-pyrrole nitrogens is 2. The van der Waals surface area contributed by atoms with Gasteiger partial charge in [0.15, 0.2) is 24.8 Å². The van der Waals surface area contributed by atoms with E-state index in [1.165, 1.54) is 88.4 Å². The summed E-state index contributed by atoms with van der Waals surface area (Å²) in [5.41, 5.74) is 2.42. The van der Waals surface area contributed by atoms with Crippen molar-refractivity contribution in [1.82, 2.24) is 0 Å². The van der Waals surface area contributed by atoms with Crippen LogP contribution in [-0.2, 0) is 0 Å². The predicted octanol–water partition coefficient (Wildman–Crippen LogP) is 0.554. The van der Waals surface area contributed by atoms with Gasteiger partial charge in [-0.25, -0.2) is 9.97 Å². The van der Waals surface area contributed by atoms with Gasteiger partial charge in [0.2, 0.25) is 0 Å². The van der Waals surface area contributed by atoms with Gasteiger partial charge in [-0.1, -0.05) is 78.1 Å². The Hall–Kier alpha value is -1.52.